The highest BCUT2D eigenvalue weighted by atomic mass is 32.1. The van der Waals surface area contributed by atoms with Crippen LogP contribution in [0.25, 0.3) is 96.8 Å². The van der Waals surface area contributed by atoms with E-state index in [0.29, 0.717) is 45.9 Å². The molecule has 0 aliphatic carbocycles. The average molecular weight is 811 g/mol. The summed E-state index contributed by atoms with van der Waals surface area (Å²) in [7, 11) is 93.0. The molecule has 64 heavy (non-hydrogen) atoms. The van der Waals surface area contributed by atoms with Crippen LogP contribution in [0.15, 0.2) is 78.9 Å². The van der Waals surface area contributed by atoms with E-state index in [1.54, 1.807) is 0 Å². The SMILES string of the molecule is [B]c1c([B])c([B])c2c(sc3c([B])c([B])c(-c4nc(-c5cccc(-c6ccc(-c7ccccc7)cc6)c5)nc(-c5c([B])c([B])c([B])c6sc7c([B])c([B])c([B])c([B])c7c56)n4)c([B])c32)c1[B]. The zero-order valence-electron chi connectivity index (χ0n) is 33.7. The maximum atomic E-state index is 7.15. The Hall–Kier alpha value is -5.10. The lowest BCUT2D eigenvalue weighted by Crippen LogP contribution is -2.47. The minimum atomic E-state index is 0.0363. The van der Waals surface area contributed by atoms with Gasteiger partial charge in [-0.15, -0.1) is 50.0 Å². The second kappa shape index (κ2) is 15.8. The Kier molecular flexibility index (Phi) is 10.6. The van der Waals surface area contributed by atoms with E-state index in [-0.39, 0.29) is 105 Å². The lowest BCUT2D eigenvalue weighted by molar-refractivity contribution is 1.08. The molecule has 0 N–H and O–H groups in total. The van der Waals surface area contributed by atoms with E-state index in [0.717, 1.165) is 22.3 Å². The van der Waals surface area contributed by atoms with Gasteiger partial charge in [0.25, 0.3) is 0 Å². The average Bonchev–Trinajstić information content (AvgIpc) is 3.92. The van der Waals surface area contributed by atoms with E-state index in [1.807, 2.05) is 42.5 Å². The fourth-order valence-electron chi connectivity index (χ4n) is 8.31. The summed E-state index contributed by atoms with van der Waals surface area (Å²) >= 11 is 2.47. The third-order valence-electron chi connectivity index (χ3n) is 11.8. The van der Waals surface area contributed by atoms with Crippen LogP contribution in [0.3, 0.4) is 0 Å². The first-order valence-electron chi connectivity index (χ1n) is 19.5. The second-order valence-corrected chi connectivity index (χ2v) is 17.4. The molecule has 0 saturated heterocycles. The molecule has 10 rings (SSSR count). The molecule has 0 aliphatic rings. The van der Waals surface area contributed by atoms with Gasteiger partial charge in [0.2, 0.25) is 0 Å². The monoisotopic (exact) mass is 813 g/mol. The summed E-state index contributed by atoms with van der Waals surface area (Å²) in [5.74, 6) is 0.317. The minimum absolute atomic E-state index is 0.0363. The van der Waals surface area contributed by atoms with Crippen molar-refractivity contribution in [2.24, 2.45) is 0 Å². The summed E-state index contributed by atoms with van der Waals surface area (Å²) in [5, 5.41) is 1.80. The topological polar surface area (TPSA) is 38.7 Å². The molecule has 262 valence electrons. The molecule has 0 saturated carbocycles. The quantitative estimate of drug-likeness (QED) is 0.167. The Bertz CT molecular complexity index is 3670. The van der Waals surface area contributed by atoms with Gasteiger partial charge in [0, 0.05) is 40.9 Å². The molecule has 10 aromatic rings. The van der Waals surface area contributed by atoms with Crippen LogP contribution in [0.4, 0.5) is 0 Å². The molecule has 19 heteroatoms. The van der Waals surface area contributed by atoms with Gasteiger partial charge in [0.05, 0.1) is 0 Å². The van der Waals surface area contributed by atoms with Crippen molar-refractivity contribution in [3.8, 4) is 56.4 Å². The molecule has 0 bridgehead atoms. The highest BCUT2D eigenvalue weighted by Crippen LogP contribution is 2.37. The van der Waals surface area contributed by atoms with Crippen molar-refractivity contribution in [2.75, 3.05) is 0 Å². The Balaban J connectivity index is 1.28. The molecule has 7 aromatic carbocycles. The number of aromatic nitrogens is 3. The van der Waals surface area contributed by atoms with E-state index >= 15 is 0 Å². The van der Waals surface area contributed by atoms with Crippen LogP contribution < -0.4 is 76.5 Å². The Morgan fingerprint density at radius 1 is 0.266 bits per heavy atom. The number of rotatable bonds is 5. The zero-order chi connectivity index (χ0) is 45.2. The molecule has 3 nitrogen and oxygen atoms in total. The Morgan fingerprint density at radius 2 is 0.625 bits per heavy atom. The normalized spacial score (nSPS) is 11.7. The molecule has 3 aromatic heterocycles. The maximum Gasteiger partial charge on any atom is 0.164 e. The van der Waals surface area contributed by atoms with Crippen molar-refractivity contribution in [2.45, 2.75) is 0 Å². The Labute approximate surface area is 397 Å². The first-order valence-corrected chi connectivity index (χ1v) is 21.1. The van der Waals surface area contributed by atoms with Gasteiger partial charge in [-0.1, -0.05) is 122 Å². The highest BCUT2D eigenvalue weighted by molar-refractivity contribution is 7.29. The first-order chi connectivity index (χ1) is 30.6. The van der Waals surface area contributed by atoms with Crippen molar-refractivity contribution >= 4 is 249 Å². The molecule has 3 heterocycles. The predicted molar refractivity (Wildman–Crippen MR) is 288 cm³/mol. The van der Waals surface area contributed by atoms with Gasteiger partial charge >= 0.3 is 0 Å². The number of hydrogen-bond donors (Lipinski definition) is 0. The largest absolute Gasteiger partial charge is 0.208 e. The van der Waals surface area contributed by atoms with Crippen LogP contribution in [0.1, 0.15) is 0 Å². The van der Waals surface area contributed by atoms with Crippen LogP contribution in [-0.4, -0.2) is 125 Å². The summed E-state index contributed by atoms with van der Waals surface area (Å²) in [5.41, 5.74) is 7.07. The summed E-state index contributed by atoms with van der Waals surface area (Å²) in [6.07, 6.45) is 0. The fraction of sp³-hybridized carbons (Fsp3) is 0. The van der Waals surface area contributed by atoms with Crippen LogP contribution in [0.5, 0.6) is 0 Å². The van der Waals surface area contributed by atoms with E-state index in [1.165, 1.54) is 22.7 Å². The maximum absolute atomic E-state index is 7.15. The van der Waals surface area contributed by atoms with Gasteiger partial charge in [0.15, 0.2) is 17.5 Å². The van der Waals surface area contributed by atoms with Crippen molar-refractivity contribution in [1.82, 2.24) is 15.0 Å². The van der Waals surface area contributed by atoms with E-state index in [9.17, 15) is 0 Å². The number of nitrogens with zero attached hydrogens (tertiary/aromatic N) is 3. The molecule has 0 atom stereocenters. The van der Waals surface area contributed by atoms with Crippen molar-refractivity contribution in [1.29, 1.82) is 0 Å². The standard InChI is InChI=1S/C45H13B14N3S2/c46-25-21-22-27(48)31(52)34(55)38(59)42(22)64-41(21)35(56)29(50)24(25)45-61-43(18-8-4-7-17(13-18)16-11-9-15(10-12-16)14-5-2-1-3-6-14)60-44(62-45)23-19-20-26(47)30(51)33(54)37(58)40(20)63-39(19)36(57)32(53)28(23)49/h1-13H. The lowest BCUT2D eigenvalue weighted by Gasteiger charge is -2.20. The molecular formula is C45H13B14N3S2. The molecular weight excluding hydrogens is 798 g/mol. The minimum Gasteiger partial charge on any atom is -0.208 e. The smallest absolute Gasteiger partial charge is 0.164 e. The second-order valence-electron chi connectivity index (χ2n) is 15.4. The van der Waals surface area contributed by atoms with Gasteiger partial charge in [0.1, 0.15) is 110 Å². The zero-order valence-corrected chi connectivity index (χ0v) is 35.4. The number of fused-ring (bicyclic) bond motifs is 6. The van der Waals surface area contributed by atoms with Gasteiger partial charge < -0.3 is 0 Å². The summed E-state index contributed by atoms with van der Waals surface area (Å²) in [6, 6.07) is 26.1. The van der Waals surface area contributed by atoms with Crippen LogP contribution in [0.2, 0.25) is 0 Å². The lowest BCUT2D eigenvalue weighted by atomic mass is 9.64. The van der Waals surface area contributed by atoms with Gasteiger partial charge in [-0.3, -0.25) is 0 Å². The van der Waals surface area contributed by atoms with Gasteiger partial charge in [-0.25, -0.2) is 15.0 Å². The Morgan fingerprint density at radius 3 is 1.19 bits per heavy atom. The van der Waals surface area contributed by atoms with E-state index < -0.39 is 0 Å². The molecule has 0 aliphatic heterocycles. The summed E-state index contributed by atoms with van der Waals surface area (Å²) in [6.45, 7) is 0. The third-order valence-corrected chi connectivity index (χ3v) is 14.3. The number of thiophene rings is 2. The summed E-state index contributed by atoms with van der Waals surface area (Å²) in [4.78, 5) is 15.2. The van der Waals surface area contributed by atoms with E-state index in [2.05, 4.69) is 36.4 Å². The molecule has 0 amide bonds. The van der Waals surface area contributed by atoms with Gasteiger partial charge in [-0.2, -0.15) is 0 Å². The fourth-order valence-corrected chi connectivity index (χ4v) is 10.9. The third kappa shape index (κ3) is 6.38. The van der Waals surface area contributed by atoms with Crippen molar-refractivity contribution in [3.05, 3.63) is 78.9 Å². The van der Waals surface area contributed by atoms with E-state index in [4.69, 9.17) is 125 Å². The molecule has 0 unspecified atom stereocenters. The van der Waals surface area contributed by atoms with Crippen LogP contribution >= 0.6 is 22.7 Å². The highest BCUT2D eigenvalue weighted by Gasteiger charge is 2.26. The molecule has 0 spiro atoms. The van der Waals surface area contributed by atoms with Crippen molar-refractivity contribution < 1.29 is 0 Å². The molecule has 0 fully saturated rings. The molecule has 28 radical (unpaired) electrons. The number of benzene rings is 7. The number of hydrogen-bond acceptors (Lipinski definition) is 5. The predicted octanol–water partition coefficient (Wildman–Crippen LogP) is -3.94. The van der Waals surface area contributed by atoms with Crippen LogP contribution in [-0.2, 0) is 0 Å². The summed E-state index contributed by atoms with van der Waals surface area (Å²) < 4.78 is 2.08. The van der Waals surface area contributed by atoms with Crippen molar-refractivity contribution in [3.63, 3.8) is 0 Å². The van der Waals surface area contributed by atoms with Crippen LogP contribution in [0, 0.1) is 0 Å². The van der Waals surface area contributed by atoms with Gasteiger partial charge in [-0.05, 0) is 44.5 Å². The first kappa shape index (κ1) is 42.8.